The molecule has 0 aliphatic carbocycles. The minimum absolute atomic E-state index is 0.145. The summed E-state index contributed by atoms with van der Waals surface area (Å²) in [5.41, 5.74) is 4.31. The van der Waals surface area contributed by atoms with Crippen LogP contribution in [0.4, 0.5) is 4.39 Å². The number of rotatable bonds is 9. The molecule has 34 heavy (non-hydrogen) atoms. The summed E-state index contributed by atoms with van der Waals surface area (Å²) in [6.07, 6.45) is 0. The van der Waals surface area contributed by atoms with Gasteiger partial charge < -0.3 is 10.1 Å². The molecule has 0 aliphatic heterocycles. The highest BCUT2D eigenvalue weighted by molar-refractivity contribution is 7.98. The van der Waals surface area contributed by atoms with E-state index < -0.39 is 0 Å². The number of hydrogen-bond acceptors (Lipinski definition) is 5. The lowest BCUT2D eigenvalue weighted by molar-refractivity contribution is 0.0936. The van der Waals surface area contributed by atoms with Gasteiger partial charge in [-0.2, -0.15) is 0 Å². The molecule has 0 atom stereocenters. The lowest BCUT2D eigenvalue weighted by Gasteiger charge is -2.12. The molecule has 1 heterocycles. The molecule has 0 radical (unpaired) electrons. The quantitative estimate of drug-likeness (QED) is 0.270. The molecular weight excluding hydrogens is 451 g/mol. The number of amides is 1. The molecule has 0 aliphatic rings. The van der Waals surface area contributed by atoms with E-state index in [1.54, 1.807) is 25.3 Å². The van der Waals surface area contributed by atoms with Crippen LogP contribution in [0, 0.1) is 12.7 Å². The van der Waals surface area contributed by atoms with Crippen molar-refractivity contribution < 1.29 is 13.9 Å². The smallest absolute Gasteiger partial charge is 0.251 e. The highest BCUT2D eigenvalue weighted by Gasteiger charge is 2.18. The topological polar surface area (TPSA) is 69.0 Å². The molecule has 0 spiro atoms. The van der Waals surface area contributed by atoms with E-state index in [9.17, 15) is 9.18 Å². The molecule has 0 bridgehead atoms. The zero-order valence-electron chi connectivity index (χ0n) is 19.0. The highest BCUT2D eigenvalue weighted by Crippen LogP contribution is 2.30. The van der Waals surface area contributed by atoms with Gasteiger partial charge in [0.15, 0.2) is 11.0 Å². The maximum atomic E-state index is 13.6. The maximum Gasteiger partial charge on any atom is 0.251 e. The van der Waals surface area contributed by atoms with Gasteiger partial charge in [0.1, 0.15) is 5.82 Å². The van der Waals surface area contributed by atoms with Gasteiger partial charge in [-0.1, -0.05) is 59.8 Å². The van der Waals surface area contributed by atoms with Crippen LogP contribution < -0.4 is 5.32 Å². The van der Waals surface area contributed by atoms with Crippen LogP contribution in [-0.2, 0) is 10.5 Å². The molecule has 4 aromatic rings. The predicted octanol–water partition coefficient (Wildman–Crippen LogP) is 5.05. The molecule has 0 fully saturated rings. The summed E-state index contributed by atoms with van der Waals surface area (Å²) in [5, 5.41) is 12.4. The lowest BCUT2D eigenvalue weighted by atomic mass is 10.1. The zero-order chi connectivity index (χ0) is 23.9. The number of nitrogens with one attached hydrogen (secondary N) is 1. The van der Waals surface area contributed by atoms with Crippen molar-refractivity contribution in [2.75, 3.05) is 20.3 Å². The number of carbonyl (C=O) groups is 1. The second-order valence-electron chi connectivity index (χ2n) is 7.68. The number of methoxy groups -OCH3 is 1. The van der Waals surface area contributed by atoms with Crippen molar-refractivity contribution in [1.82, 2.24) is 20.1 Å². The molecule has 1 N–H and O–H groups in total. The average Bonchev–Trinajstić information content (AvgIpc) is 3.28. The predicted molar refractivity (Wildman–Crippen MR) is 132 cm³/mol. The zero-order valence-corrected chi connectivity index (χ0v) is 19.8. The monoisotopic (exact) mass is 476 g/mol. The summed E-state index contributed by atoms with van der Waals surface area (Å²) >= 11 is 1.47. The third kappa shape index (κ3) is 5.52. The first-order chi connectivity index (χ1) is 16.6. The van der Waals surface area contributed by atoms with Crippen molar-refractivity contribution >= 4 is 17.7 Å². The van der Waals surface area contributed by atoms with E-state index in [0.717, 1.165) is 22.4 Å². The van der Waals surface area contributed by atoms with Gasteiger partial charge >= 0.3 is 0 Å². The SMILES string of the molecule is COCCNC(=O)c1ccccc1CSc1nnc(-c2ccc(C)cc2)n1-c1ccc(F)cc1. The Kier molecular flexibility index (Phi) is 7.72. The normalized spacial score (nSPS) is 10.9. The van der Waals surface area contributed by atoms with Crippen molar-refractivity contribution in [3.8, 4) is 17.1 Å². The Labute approximate surface area is 202 Å². The summed E-state index contributed by atoms with van der Waals surface area (Å²) in [6.45, 7) is 2.92. The van der Waals surface area contributed by atoms with Crippen LogP contribution in [0.25, 0.3) is 17.1 Å². The molecule has 1 aromatic heterocycles. The van der Waals surface area contributed by atoms with Crippen molar-refractivity contribution in [3.63, 3.8) is 0 Å². The second-order valence-corrected chi connectivity index (χ2v) is 8.62. The number of thioether (sulfide) groups is 1. The first-order valence-electron chi connectivity index (χ1n) is 10.8. The number of hydrogen-bond donors (Lipinski definition) is 1. The van der Waals surface area contributed by atoms with Crippen LogP contribution >= 0.6 is 11.8 Å². The number of halogens is 1. The van der Waals surface area contributed by atoms with E-state index in [-0.39, 0.29) is 11.7 Å². The van der Waals surface area contributed by atoms with Gasteiger partial charge in [-0.15, -0.1) is 10.2 Å². The van der Waals surface area contributed by atoms with E-state index >= 15 is 0 Å². The Hall–Kier alpha value is -3.49. The van der Waals surface area contributed by atoms with E-state index in [4.69, 9.17) is 4.74 Å². The molecule has 8 heteroatoms. The van der Waals surface area contributed by atoms with Crippen molar-refractivity contribution in [2.24, 2.45) is 0 Å². The Bertz CT molecular complexity index is 1260. The minimum atomic E-state index is -0.309. The fraction of sp³-hybridized carbons (Fsp3) is 0.192. The highest BCUT2D eigenvalue weighted by atomic mass is 32.2. The van der Waals surface area contributed by atoms with Crippen LogP contribution in [0.1, 0.15) is 21.5 Å². The average molecular weight is 477 g/mol. The van der Waals surface area contributed by atoms with E-state index in [1.807, 2.05) is 54.0 Å². The summed E-state index contributed by atoms with van der Waals surface area (Å²) < 4.78 is 20.5. The number of ether oxygens (including phenoxy) is 1. The number of aromatic nitrogens is 3. The third-order valence-electron chi connectivity index (χ3n) is 5.24. The Morgan fingerprint density at radius 3 is 2.50 bits per heavy atom. The first-order valence-corrected chi connectivity index (χ1v) is 11.8. The molecule has 1 amide bonds. The van der Waals surface area contributed by atoms with Gasteiger partial charge in [-0.05, 0) is 42.8 Å². The Balaban J connectivity index is 1.64. The molecular formula is C26H25FN4O2S. The van der Waals surface area contributed by atoms with Crippen LogP contribution in [-0.4, -0.2) is 40.9 Å². The molecule has 0 unspecified atom stereocenters. The molecule has 4 rings (SSSR count). The van der Waals surface area contributed by atoms with Gasteiger partial charge in [0.05, 0.1) is 6.61 Å². The molecule has 0 saturated carbocycles. The molecule has 3 aromatic carbocycles. The molecule has 174 valence electrons. The second kappa shape index (κ2) is 11.1. The van der Waals surface area contributed by atoms with E-state index in [0.29, 0.717) is 35.4 Å². The Morgan fingerprint density at radius 2 is 1.76 bits per heavy atom. The van der Waals surface area contributed by atoms with E-state index in [2.05, 4.69) is 15.5 Å². The standard InChI is InChI=1S/C26H25FN4O2S/c1-18-7-9-19(10-8-18)24-29-30-26(31(24)22-13-11-21(27)12-14-22)34-17-20-5-3-4-6-23(20)25(32)28-15-16-33-2/h3-14H,15-17H2,1-2H3,(H,28,32). The first kappa shape index (κ1) is 23.7. The van der Waals surface area contributed by atoms with Gasteiger partial charge in [-0.3, -0.25) is 9.36 Å². The van der Waals surface area contributed by atoms with Crippen LogP contribution in [0.3, 0.4) is 0 Å². The van der Waals surface area contributed by atoms with Gasteiger partial charge in [-0.25, -0.2) is 4.39 Å². The van der Waals surface area contributed by atoms with Crippen LogP contribution in [0.15, 0.2) is 78.0 Å². The summed E-state index contributed by atoms with van der Waals surface area (Å²) in [6, 6.07) is 21.8. The van der Waals surface area contributed by atoms with Gasteiger partial charge in [0.25, 0.3) is 5.91 Å². The lowest BCUT2D eigenvalue weighted by Crippen LogP contribution is -2.27. The summed E-state index contributed by atoms with van der Waals surface area (Å²) in [5.74, 6) is 0.728. The van der Waals surface area contributed by atoms with Crippen LogP contribution in [0.5, 0.6) is 0 Å². The number of aryl methyl sites for hydroxylation is 1. The van der Waals surface area contributed by atoms with Gasteiger partial charge in [0.2, 0.25) is 0 Å². The fourth-order valence-electron chi connectivity index (χ4n) is 3.45. The number of nitrogens with zero attached hydrogens (tertiary/aromatic N) is 3. The largest absolute Gasteiger partial charge is 0.383 e. The van der Waals surface area contributed by atoms with Crippen LogP contribution in [0.2, 0.25) is 0 Å². The van der Waals surface area contributed by atoms with Crippen molar-refractivity contribution in [3.05, 3.63) is 95.3 Å². The summed E-state index contributed by atoms with van der Waals surface area (Å²) in [7, 11) is 1.60. The fourth-order valence-corrected chi connectivity index (χ4v) is 4.40. The Morgan fingerprint density at radius 1 is 1.03 bits per heavy atom. The van der Waals surface area contributed by atoms with Crippen molar-refractivity contribution in [2.45, 2.75) is 17.8 Å². The maximum absolute atomic E-state index is 13.6. The molecule has 0 saturated heterocycles. The minimum Gasteiger partial charge on any atom is -0.383 e. The number of carbonyl (C=O) groups excluding carboxylic acids is 1. The summed E-state index contributed by atoms with van der Waals surface area (Å²) in [4.78, 5) is 12.6. The number of benzene rings is 3. The van der Waals surface area contributed by atoms with E-state index in [1.165, 1.54) is 23.9 Å². The van der Waals surface area contributed by atoms with Crippen molar-refractivity contribution in [1.29, 1.82) is 0 Å². The van der Waals surface area contributed by atoms with Gasteiger partial charge in [0, 0.05) is 36.2 Å². The molecule has 6 nitrogen and oxygen atoms in total. The third-order valence-corrected chi connectivity index (χ3v) is 6.22.